The van der Waals surface area contributed by atoms with Crippen molar-refractivity contribution >= 4 is 41.0 Å². The Balaban J connectivity index is 1.29. The summed E-state index contributed by atoms with van der Waals surface area (Å²) in [6.07, 6.45) is 4.80. The van der Waals surface area contributed by atoms with Crippen LogP contribution in [0.2, 0.25) is 5.02 Å². The normalized spacial score (nSPS) is 27.3. The van der Waals surface area contributed by atoms with E-state index in [4.69, 9.17) is 16.3 Å². The molecule has 0 unspecified atom stereocenters. The maximum Gasteiger partial charge on any atom is 0.326 e. The van der Waals surface area contributed by atoms with Crippen molar-refractivity contribution < 1.29 is 23.9 Å². The molecule has 0 radical (unpaired) electrons. The molecule has 4 atom stereocenters. The summed E-state index contributed by atoms with van der Waals surface area (Å²) in [5, 5.41) is 3.08. The van der Waals surface area contributed by atoms with Crippen LogP contribution in [0.5, 0.6) is 0 Å². The standard InChI is InChI=1S/C20H19ClN2O5/c1-10-2-5-13(7-14(10)21)22-15(24)9-28-16(25)8-23-19(26)17-11-3-4-12(6-11)18(17)20(23)27/h2-5,7,11-12,17-18H,6,8-9H2,1H3,(H,22,24)/t11-,12-,17+,18+/m0/s1. The Bertz CT molecular complexity index is 882. The molecule has 1 saturated carbocycles. The zero-order valence-electron chi connectivity index (χ0n) is 15.2. The maximum atomic E-state index is 12.5. The van der Waals surface area contributed by atoms with Crippen LogP contribution in [0.4, 0.5) is 5.69 Å². The summed E-state index contributed by atoms with van der Waals surface area (Å²) in [6.45, 7) is 0.861. The fraction of sp³-hybridized carbons (Fsp3) is 0.400. The van der Waals surface area contributed by atoms with Crippen molar-refractivity contribution in [1.29, 1.82) is 0 Å². The van der Waals surface area contributed by atoms with E-state index in [1.807, 2.05) is 19.1 Å². The third kappa shape index (κ3) is 3.20. The smallest absolute Gasteiger partial charge is 0.326 e. The number of rotatable bonds is 5. The molecule has 4 rings (SSSR count). The maximum absolute atomic E-state index is 12.5. The van der Waals surface area contributed by atoms with Gasteiger partial charge in [0.25, 0.3) is 5.91 Å². The molecule has 1 aliphatic heterocycles. The molecule has 3 amide bonds. The Labute approximate surface area is 166 Å². The summed E-state index contributed by atoms with van der Waals surface area (Å²) < 4.78 is 4.93. The molecule has 0 spiro atoms. The number of fused-ring (bicyclic) bond motifs is 5. The molecule has 1 aromatic rings. The molecule has 8 heteroatoms. The minimum atomic E-state index is -0.793. The summed E-state index contributed by atoms with van der Waals surface area (Å²) in [7, 11) is 0. The number of esters is 1. The van der Waals surface area contributed by atoms with Crippen molar-refractivity contribution in [2.24, 2.45) is 23.7 Å². The lowest BCUT2D eigenvalue weighted by atomic mass is 9.85. The van der Waals surface area contributed by atoms with Gasteiger partial charge in [0, 0.05) is 10.7 Å². The number of imide groups is 1. The lowest BCUT2D eigenvalue weighted by molar-refractivity contribution is -0.154. The molecule has 2 aliphatic carbocycles. The van der Waals surface area contributed by atoms with E-state index in [0.717, 1.165) is 16.9 Å². The molecule has 0 aromatic heterocycles. The van der Waals surface area contributed by atoms with Crippen LogP contribution in [0.25, 0.3) is 0 Å². The molecular formula is C20H19ClN2O5. The fourth-order valence-corrected chi connectivity index (χ4v) is 4.49. The van der Waals surface area contributed by atoms with Gasteiger partial charge >= 0.3 is 5.97 Å². The predicted octanol–water partition coefficient (Wildman–Crippen LogP) is 1.94. The van der Waals surface area contributed by atoms with Crippen LogP contribution in [0, 0.1) is 30.6 Å². The third-order valence-corrected chi connectivity index (χ3v) is 6.08. The first kappa shape index (κ1) is 18.7. The lowest BCUT2D eigenvalue weighted by Crippen LogP contribution is -2.38. The van der Waals surface area contributed by atoms with Crippen LogP contribution in [-0.2, 0) is 23.9 Å². The van der Waals surface area contributed by atoms with E-state index in [1.165, 1.54) is 0 Å². The number of amides is 3. The van der Waals surface area contributed by atoms with E-state index in [2.05, 4.69) is 5.32 Å². The second-order valence-electron chi connectivity index (χ2n) is 7.44. The van der Waals surface area contributed by atoms with E-state index in [1.54, 1.807) is 18.2 Å². The minimum Gasteiger partial charge on any atom is -0.454 e. The number of aryl methyl sites for hydroxylation is 1. The molecule has 7 nitrogen and oxygen atoms in total. The molecular weight excluding hydrogens is 384 g/mol. The van der Waals surface area contributed by atoms with Gasteiger partial charge in [-0.05, 0) is 42.9 Å². The van der Waals surface area contributed by atoms with E-state index in [-0.39, 0.29) is 35.5 Å². The quantitative estimate of drug-likeness (QED) is 0.461. The molecule has 1 heterocycles. The van der Waals surface area contributed by atoms with Crippen LogP contribution in [-0.4, -0.2) is 41.7 Å². The van der Waals surface area contributed by atoms with Crippen molar-refractivity contribution in [2.75, 3.05) is 18.5 Å². The van der Waals surface area contributed by atoms with Gasteiger partial charge in [-0.3, -0.25) is 24.1 Å². The largest absolute Gasteiger partial charge is 0.454 e. The van der Waals surface area contributed by atoms with Crippen LogP contribution < -0.4 is 5.32 Å². The number of nitrogens with one attached hydrogen (secondary N) is 1. The van der Waals surface area contributed by atoms with Gasteiger partial charge in [-0.15, -0.1) is 0 Å². The highest BCUT2D eigenvalue weighted by atomic mass is 35.5. The zero-order valence-corrected chi connectivity index (χ0v) is 15.9. The number of nitrogens with zero attached hydrogens (tertiary/aromatic N) is 1. The van der Waals surface area contributed by atoms with Crippen LogP contribution in [0.3, 0.4) is 0 Å². The van der Waals surface area contributed by atoms with Crippen LogP contribution in [0.15, 0.2) is 30.4 Å². The summed E-state index contributed by atoms with van der Waals surface area (Å²) >= 11 is 6.00. The van der Waals surface area contributed by atoms with Crippen LogP contribution >= 0.6 is 11.6 Å². The Morgan fingerprint density at radius 2 is 1.82 bits per heavy atom. The Hall–Kier alpha value is -2.67. The highest BCUT2D eigenvalue weighted by Crippen LogP contribution is 2.52. The molecule has 1 N–H and O–H groups in total. The highest BCUT2D eigenvalue weighted by molar-refractivity contribution is 6.31. The number of hydrogen-bond donors (Lipinski definition) is 1. The van der Waals surface area contributed by atoms with Gasteiger partial charge < -0.3 is 10.1 Å². The predicted molar refractivity (Wildman–Crippen MR) is 100 cm³/mol. The minimum absolute atomic E-state index is 0.0829. The molecule has 2 fully saturated rings. The first-order valence-electron chi connectivity index (χ1n) is 9.10. The fourth-order valence-electron chi connectivity index (χ4n) is 4.31. The van der Waals surface area contributed by atoms with Crippen molar-refractivity contribution in [3.8, 4) is 0 Å². The van der Waals surface area contributed by atoms with Gasteiger partial charge in [0.1, 0.15) is 6.54 Å². The molecule has 3 aliphatic rings. The average molecular weight is 403 g/mol. The number of likely N-dealkylation sites (tertiary alicyclic amines) is 1. The number of allylic oxidation sites excluding steroid dienone is 2. The number of ether oxygens (including phenoxy) is 1. The number of benzene rings is 1. The first-order chi connectivity index (χ1) is 13.3. The SMILES string of the molecule is Cc1ccc(NC(=O)COC(=O)CN2C(=O)[C@H]3[C@H](C2=O)[C@H]2C=C[C@H]3C2)cc1Cl. The van der Waals surface area contributed by atoms with Gasteiger partial charge in [-0.2, -0.15) is 0 Å². The topological polar surface area (TPSA) is 92.8 Å². The van der Waals surface area contributed by atoms with Gasteiger partial charge in [0.15, 0.2) is 6.61 Å². The number of hydrogen-bond acceptors (Lipinski definition) is 5. The molecule has 1 aromatic carbocycles. The van der Waals surface area contributed by atoms with Gasteiger partial charge in [-0.1, -0.05) is 29.8 Å². The van der Waals surface area contributed by atoms with E-state index in [0.29, 0.717) is 10.7 Å². The molecule has 146 valence electrons. The average Bonchev–Trinajstić information content (AvgIpc) is 3.33. The van der Waals surface area contributed by atoms with E-state index in [9.17, 15) is 19.2 Å². The molecule has 2 bridgehead atoms. The summed E-state index contributed by atoms with van der Waals surface area (Å²) in [5.74, 6) is -2.51. The van der Waals surface area contributed by atoms with Crippen molar-refractivity contribution in [3.63, 3.8) is 0 Å². The number of carbonyl (C=O) groups is 4. The second kappa shape index (κ2) is 7.05. The number of anilines is 1. The zero-order chi connectivity index (χ0) is 20.0. The highest BCUT2D eigenvalue weighted by Gasteiger charge is 2.59. The van der Waals surface area contributed by atoms with Gasteiger partial charge in [-0.25, -0.2) is 0 Å². The first-order valence-corrected chi connectivity index (χ1v) is 9.48. The number of carbonyl (C=O) groups excluding carboxylic acids is 4. The van der Waals surface area contributed by atoms with E-state index >= 15 is 0 Å². The Kier molecular flexibility index (Phi) is 4.71. The number of halogens is 1. The summed E-state index contributed by atoms with van der Waals surface area (Å²) in [6, 6.07) is 5.04. The second-order valence-corrected chi connectivity index (χ2v) is 7.84. The lowest BCUT2D eigenvalue weighted by Gasteiger charge is -2.16. The third-order valence-electron chi connectivity index (χ3n) is 5.67. The summed E-state index contributed by atoms with van der Waals surface area (Å²) in [4.78, 5) is 50.0. The van der Waals surface area contributed by atoms with Gasteiger partial charge in [0.05, 0.1) is 11.8 Å². The monoisotopic (exact) mass is 402 g/mol. The van der Waals surface area contributed by atoms with E-state index < -0.39 is 25.0 Å². The van der Waals surface area contributed by atoms with Crippen molar-refractivity contribution in [1.82, 2.24) is 4.90 Å². The van der Waals surface area contributed by atoms with Gasteiger partial charge in [0.2, 0.25) is 11.8 Å². The summed E-state index contributed by atoms with van der Waals surface area (Å²) in [5.41, 5.74) is 1.36. The van der Waals surface area contributed by atoms with Crippen molar-refractivity contribution in [3.05, 3.63) is 40.9 Å². The van der Waals surface area contributed by atoms with Crippen LogP contribution in [0.1, 0.15) is 12.0 Å². The molecule has 1 saturated heterocycles. The Morgan fingerprint density at radius 3 is 2.43 bits per heavy atom. The molecule has 28 heavy (non-hydrogen) atoms. The Morgan fingerprint density at radius 1 is 1.18 bits per heavy atom. The van der Waals surface area contributed by atoms with Crippen molar-refractivity contribution in [2.45, 2.75) is 13.3 Å².